The lowest BCUT2D eigenvalue weighted by Crippen LogP contribution is -1.96. The first-order valence-corrected chi connectivity index (χ1v) is 6.69. The summed E-state index contributed by atoms with van der Waals surface area (Å²) in [6.07, 6.45) is 2.22. The van der Waals surface area contributed by atoms with Crippen molar-refractivity contribution in [3.63, 3.8) is 0 Å². The van der Waals surface area contributed by atoms with E-state index in [2.05, 4.69) is 20.9 Å². The molecule has 0 radical (unpaired) electrons. The van der Waals surface area contributed by atoms with Crippen LogP contribution in [0.3, 0.4) is 0 Å². The SMILES string of the molecule is Cc1c(N)cnc(Oc2ccc(CCO)cc2)c1Br. The minimum absolute atomic E-state index is 0.143. The van der Waals surface area contributed by atoms with Crippen molar-refractivity contribution in [2.24, 2.45) is 0 Å². The maximum absolute atomic E-state index is 8.86. The smallest absolute Gasteiger partial charge is 0.233 e. The number of hydrogen-bond acceptors (Lipinski definition) is 4. The van der Waals surface area contributed by atoms with Crippen molar-refractivity contribution in [2.45, 2.75) is 13.3 Å². The molecule has 1 heterocycles. The zero-order chi connectivity index (χ0) is 13.8. The highest BCUT2D eigenvalue weighted by molar-refractivity contribution is 9.10. The van der Waals surface area contributed by atoms with E-state index in [0.29, 0.717) is 23.7 Å². The van der Waals surface area contributed by atoms with Crippen molar-refractivity contribution in [3.05, 3.63) is 46.1 Å². The second-order valence-corrected chi connectivity index (χ2v) is 4.97. The fraction of sp³-hybridized carbons (Fsp3) is 0.214. The van der Waals surface area contributed by atoms with Gasteiger partial charge in [-0.1, -0.05) is 12.1 Å². The van der Waals surface area contributed by atoms with Gasteiger partial charge in [0.1, 0.15) is 5.75 Å². The molecule has 0 saturated carbocycles. The Labute approximate surface area is 120 Å². The molecule has 0 aliphatic carbocycles. The van der Waals surface area contributed by atoms with Crippen molar-refractivity contribution in [2.75, 3.05) is 12.3 Å². The average Bonchev–Trinajstić information content (AvgIpc) is 2.42. The van der Waals surface area contributed by atoms with Gasteiger partial charge in [-0.3, -0.25) is 0 Å². The second kappa shape index (κ2) is 6.04. The zero-order valence-electron chi connectivity index (χ0n) is 10.6. The molecular formula is C14H15BrN2O2. The highest BCUT2D eigenvalue weighted by Crippen LogP contribution is 2.32. The van der Waals surface area contributed by atoms with Crippen LogP contribution in [0.1, 0.15) is 11.1 Å². The van der Waals surface area contributed by atoms with Crippen LogP contribution in [0.25, 0.3) is 0 Å². The van der Waals surface area contributed by atoms with Crippen LogP contribution in [0, 0.1) is 6.92 Å². The molecule has 1 aromatic heterocycles. The zero-order valence-corrected chi connectivity index (χ0v) is 12.1. The van der Waals surface area contributed by atoms with E-state index in [9.17, 15) is 0 Å². The number of nitrogens with two attached hydrogens (primary N) is 1. The summed E-state index contributed by atoms with van der Waals surface area (Å²) in [6.45, 7) is 2.04. The van der Waals surface area contributed by atoms with Crippen LogP contribution < -0.4 is 10.5 Å². The fourth-order valence-electron chi connectivity index (χ4n) is 1.60. The molecule has 19 heavy (non-hydrogen) atoms. The normalized spacial score (nSPS) is 10.5. The Morgan fingerprint density at radius 2 is 2.00 bits per heavy atom. The number of halogens is 1. The van der Waals surface area contributed by atoms with Gasteiger partial charge in [0.2, 0.25) is 5.88 Å². The molecule has 0 spiro atoms. The van der Waals surface area contributed by atoms with Gasteiger partial charge in [-0.05, 0) is 52.5 Å². The molecule has 3 N–H and O–H groups in total. The quantitative estimate of drug-likeness (QED) is 0.907. The van der Waals surface area contributed by atoms with Gasteiger partial charge in [0, 0.05) is 6.61 Å². The molecule has 1 aromatic carbocycles. The fourth-order valence-corrected chi connectivity index (χ4v) is 2.02. The van der Waals surface area contributed by atoms with Crippen LogP contribution in [-0.2, 0) is 6.42 Å². The lowest BCUT2D eigenvalue weighted by atomic mass is 10.1. The molecule has 0 saturated heterocycles. The van der Waals surface area contributed by atoms with Crippen molar-refractivity contribution in [1.29, 1.82) is 0 Å². The van der Waals surface area contributed by atoms with Crippen LogP contribution in [0.2, 0.25) is 0 Å². The van der Waals surface area contributed by atoms with Gasteiger partial charge in [-0.2, -0.15) is 0 Å². The molecule has 0 aliphatic rings. The number of anilines is 1. The van der Waals surface area contributed by atoms with E-state index < -0.39 is 0 Å². The van der Waals surface area contributed by atoms with Crippen LogP contribution in [0.5, 0.6) is 11.6 Å². The third kappa shape index (κ3) is 3.24. The molecule has 0 amide bonds. The summed E-state index contributed by atoms with van der Waals surface area (Å²) in [4.78, 5) is 4.16. The van der Waals surface area contributed by atoms with E-state index in [1.807, 2.05) is 31.2 Å². The molecular weight excluding hydrogens is 308 g/mol. The number of pyridine rings is 1. The molecule has 2 aromatic rings. The summed E-state index contributed by atoms with van der Waals surface area (Å²) in [6, 6.07) is 7.54. The van der Waals surface area contributed by atoms with E-state index >= 15 is 0 Å². The molecule has 100 valence electrons. The Balaban J connectivity index is 2.19. The number of ether oxygens (including phenoxy) is 1. The van der Waals surface area contributed by atoms with Gasteiger partial charge in [0.05, 0.1) is 16.4 Å². The predicted octanol–water partition coefficient (Wildman–Crippen LogP) is 3.06. The van der Waals surface area contributed by atoms with E-state index in [-0.39, 0.29) is 6.61 Å². The maximum atomic E-state index is 8.86. The van der Waals surface area contributed by atoms with Gasteiger partial charge < -0.3 is 15.6 Å². The lowest BCUT2D eigenvalue weighted by Gasteiger charge is -2.10. The van der Waals surface area contributed by atoms with E-state index in [1.165, 1.54) is 0 Å². The predicted molar refractivity (Wildman–Crippen MR) is 78.4 cm³/mol. The Morgan fingerprint density at radius 1 is 1.32 bits per heavy atom. The van der Waals surface area contributed by atoms with Crippen molar-refractivity contribution < 1.29 is 9.84 Å². The minimum atomic E-state index is 0.143. The van der Waals surface area contributed by atoms with Gasteiger partial charge in [0.15, 0.2) is 0 Å². The minimum Gasteiger partial charge on any atom is -0.438 e. The largest absolute Gasteiger partial charge is 0.438 e. The molecule has 0 aliphatic heterocycles. The number of benzene rings is 1. The van der Waals surface area contributed by atoms with Crippen molar-refractivity contribution in [3.8, 4) is 11.6 Å². The third-order valence-corrected chi connectivity index (χ3v) is 3.74. The summed E-state index contributed by atoms with van der Waals surface area (Å²) >= 11 is 3.43. The summed E-state index contributed by atoms with van der Waals surface area (Å²) in [5.41, 5.74) is 8.36. The van der Waals surface area contributed by atoms with Crippen LogP contribution in [0.15, 0.2) is 34.9 Å². The van der Waals surface area contributed by atoms with Crippen LogP contribution in [-0.4, -0.2) is 16.7 Å². The van der Waals surface area contributed by atoms with Crippen LogP contribution >= 0.6 is 15.9 Å². The number of rotatable bonds is 4. The molecule has 5 heteroatoms. The van der Waals surface area contributed by atoms with Gasteiger partial charge in [0.25, 0.3) is 0 Å². The first-order chi connectivity index (χ1) is 9.11. The van der Waals surface area contributed by atoms with Crippen molar-refractivity contribution in [1.82, 2.24) is 4.98 Å². The highest BCUT2D eigenvalue weighted by atomic mass is 79.9. The molecule has 0 fully saturated rings. The maximum Gasteiger partial charge on any atom is 0.233 e. The standard InChI is InChI=1S/C14H15BrN2O2/c1-9-12(16)8-17-14(13(9)15)19-11-4-2-10(3-5-11)6-7-18/h2-5,8,18H,6-7,16H2,1H3. The summed E-state index contributed by atoms with van der Waals surface area (Å²) in [7, 11) is 0. The Kier molecular flexibility index (Phi) is 4.39. The molecule has 4 nitrogen and oxygen atoms in total. The lowest BCUT2D eigenvalue weighted by molar-refractivity contribution is 0.299. The Bertz CT molecular complexity index is 570. The number of hydrogen-bond donors (Lipinski definition) is 2. The summed E-state index contributed by atoms with van der Waals surface area (Å²) < 4.78 is 6.46. The number of nitrogen functional groups attached to an aromatic ring is 1. The first-order valence-electron chi connectivity index (χ1n) is 5.90. The number of aromatic nitrogens is 1. The first kappa shape index (κ1) is 13.8. The van der Waals surface area contributed by atoms with Gasteiger partial charge in [-0.15, -0.1) is 0 Å². The second-order valence-electron chi connectivity index (χ2n) is 4.18. The Morgan fingerprint density at radius 3 is 2.63 bits per heavy atom. The van der Waals surface area contributed by atoms with Crippen molar-refractivity contribution >= 4 is 21.6 Å². The van der Waals surface area contributed by atoms with E-state index in [4.69, 9.17) is 15.6 Å². The number of aliphatic hydroxyl groups excluding tert-OH is 1. The average molecular weight is 323 g/mol. The summed E-state index contributed by atoms with van der Waals surface area (Å²) in [5.74, 6) is 1.18. The molecule has 0 atom stereocenters. The third-order valence-electron chi connectivity index (χ3n) is 2.81. The number of aliphatic hydroxyl groups is 1. The number of nitrogens with zero attached hydrogens (tertiary/aromatic N) is 1. The molecule has 0 unspecified atom stereocenters. The van der Waals surface area contributed by atoms with Crippen LogP contribution in [0.4, 0.5) is 5.69 Å². The molecule has 2 rings (SSSR count). The highest BCUT2D eigenvalue weighted by Gasteiger charge is 2.09. The van der Waals surface area contributed by atoms with Gasteiger partial charge in [-0.25, -0.2) is 4.98 Å². The van der Waals surface area contributed by atoms with E-state index in [0.717, 1.165) is 15.6 Å². The molecule has 0 bridgehead atoms. The monoisotopic (exact) mass is 322 g/mol. The topological polar surface area (TPSA) is 68.4 Å². The summed E-state index contributed by atoms with van der Waals surface area (Å²) in [5, 5.41) is 8.86. The van der Waals surface area contributed by atoms with Gasteiger partial charge >= 0.3 is 0 Å². The van der Waals surface area contributed by atoms with E-state index in [1.54, 1.807) is 6.20 Å². The Hall–Kier alpha value is -1.59.